The lowest BCUT2D eigenvalue weighted by molar-refractivity contribution is 0.163. The van der Waals surface area contributed by atoms with Crippen LogP contribution in [0.5, 0.6) is 0 Å². The van der Waals surface area contributed by atoms with Crippen molar-refractivity contribution in [3.8, 4) is 0 Å². The van der Waals surface area contributed by atoms with Crippen LogP contribution in [0.2, 0.25) is 0 Å². The average molecular weight is 194 g/mol. The number of rotatable bonds is 1. The van der Waals surface area contributed by atoms with Crippen LogP contribution in [0, 0.1) is 12.7 Å². The Kier molecular flexibility index (Phi) is 2.55. The number of halogens is 1. The Morgan fingerprint density at radius 1 is 1.29 bits per heavy atom. The fraction of sp³-hybridized carbons (Fsp3) is 0.500. The summed E-state index contributed by atoms with van der Waals surface area (Å²) < 4.78 is 13.1. The largest absolute Gasteiger partial charge is 0.392 e. The maximum atomic E-state index is 13.1. The van der Waals surface area contributed by atoms with Gasteiger partial charge in [-0.05, 0) is 43.0 Å². The molecule has 0 spiro atoms. The molecule has 1 aromatic rings. The third kappa shape index (κ3) is 1.80. The van der Waals surface area contributed by atoms with Gasteiger partial charge in [-0.3, -0.25) is 0 Å². The van der Waals surface area contributed by atoms with Crippen molar-refractivity contribution in [1.82, 2.24) is 0 Å². The maximum absolute atomic E-state index is 13.1. The second-order valence-electron chi connectivity index (χ2n) is 4.17. The molecule has 2 atom stereocenters. The van der Waals surface area contributed by atoms with E-state index < -0.39 is 0 Å². The van der Waals surface area contributed by atoms with Gasteiger partial charge in [0.2, 0.25) is 0 Å². The molecule has 1 fully saturated rings. The summed E-state index contributed by atoms with van der Waals surface area (Å²) in [5, 5.41) is 9.70. The van der Waals surface area contributed by atoms with E-state index in [1.165, 1.54) is 6.07 Å². The van der Waals surface area contributed by atoms with Gasteiger partial charge in [-0.25, -0.2) is 4.39 Å². The number of hydrogen-bond donors (Lipinski definition) is 1. The average Bonchev–Trinajstić information content (AvgIpc) is 2.49. The molecule has 0 aromatic heterocycles. The van der Waals surface area contributed by atoms with Gasteiger partial charge in [-0.2, -0.15) is 0 Å². The molecule has 0 heterocycles. The zero-order valence-electron chi connectivity index (χ0n) is 8.33. The second-order valence-corrected chi connectivity index (χ2v) is 4.17. The first-order valence-corrected chi connectivity index (χ1v) is 5.12. The van der Waals surface area contributed by atoms with Gasteiger partial charge in [0, 0.05) is 5.92 Å². The quantitative estimate of drug-likeness (QED) is 0.728. The van der Waals surface area contributed by atoms with Crippen LogP contribution in [0.15, 0.2) is 18.2 Å². The summed E-state index contributed by atoms with van der Waals surface area (Å²) in [4.78, 5) is 0. The van der Waals surface area contributed by atoms with Crippen molar-refractivity contribution in [3.63, 3.8) is 0 Å². The summed E-state index contributed by atoms with van der Waals surface area (Å²) in [6, 6.07) is 5.04. The van der Waals surface area contributed by atoms with E-state index in [2.05, 4.69) is 0 Å². The summed E-state index contributed by atoms with van der Waals surface area (Å²) in [6.07, 6.45) is 2.59. The van der Waals surface area contributed by atoms with E-state index in [4.69, 9.17) is 0 Å². The minimum Gasteiger partial charge on any atom is -0.392 e. The molecule has 1 nitrogen and oxygen atoms in total. The van der Waals surface area contributed by atoms with Crippen LogP contribution in [0.1, 0.15) is 36.3 Å². The minimum absolute atomic E-state index is 0.143. The number of aliphatic hydroxyl groups excluding tert-OH is 1. The minimum atomic E-state index is -0.281. The molecule has 1 aliphatic rings. The molecular weight excluding hydrogens is 179 g/mol. The maximum Gasteiger partial charge on any atom is 0.123 e. The van der Waals surface area contributed by atoms with Crippen molar-refractivity contribution in [1.29, 1.82) is 0 Å². The van der Waals surface area contributed by atoms with Gasteiger partial charge >= 0.3 is 0 Å². The van der Waals surface area contributed by atoms with Crippen LogP contribution in [0.4, 0.5) is 4.39 Å². The summed E-state index contributed by atoms with van der Waals surface area (Å²) in [5.41, 5.74) is 1.88. The van der Waals surface area contributed by atoms with Gasteiger partial charge < -0.3 is 5.11 Å². The Morgan fingerprint density at radius 2 is 2.07 bits per heavy atom. The van der Waals surface area contributed by atoms with E-state index in [-0.39, 0.29) is 17.8 Å². The molecule has 2 heteroatoms. The molecule has 14 heavy (non-hydrogen) atoms. The Balaban J connectivity index is 2.31. The topological polar surface area (TPSA) is 20.2 Å². The molecule has 0 radical (unpaired) electrons. The van der Waals surface area contributed by atoms with Crippen molar-refractivity contribution in [2.75, 3.05) is 0 Å². The molecule has 1 aromatic carbocycles. The standard InChI is InChI=1S/C12H15FO/c1-8-5-9(7-10(13)6-8)11-3-2-4-12(11)14/h5-7,11-12,14H,2-4H2,1H3. The van der Waals surface area contributed by atoms with Crippen LogP contribution in [0.25, 0.3) is 0 Å². The van der Waals surface area contributed by atoms with E-state index in [9.17, 15) is 9.50 Å². The highest BCUT2D eigenvalue weighted by atomic mass is 19.1. The molecule has 0 bridgehead atoms. The van der Waals surface area contributed by atoms with E-state index >= 15 is 0 Å². The van der Waals surface area contributed by atoms with Crippen molar-refractivity contribution in [3.05, 3.63) is 35.1 Å². The lowest BCUT2D eigenvalue weighted by Gasteiger charge is -2.15. The molecule has 2 unspecified atom stereocenters. The molecule has 1 aliphatic carbocycles. The predicted octanol–water partition coefficient (Wildman–Crippen LogP) is 2.76. The summed E-state index contributed by atoms with van der Waals surface area (Å²) in [7, 11) is 0. The van der Waals surface area contributed by atoms with Crippen molar-refractivity contribution < 1.29 is 9.50 Å². The Labute approximate surface area is 83.6 Å². The fourth-order valence-corrected chi connectivity index (χ4v) is 2.31. The third-order valence-corrected chi connectivity index (χ3v) is 2.97. The van der Waals surface area contributed by atoms with Gasteiger partial charge in [0.25, 0.3) is 0 Å². The molecule has 2 rings (SSSR count). The van der Waals surface area contributed by atoms with E-state index in [0.717, 1.165) is 30.4 Å². The van der Waals surface area contributed by atoms with Gasteiger partial charge in [0.1, 0.15) is 5.82 Å². The van der Waals surface area contributed by atoms with Crippen molar-refractivity contribution in [2.45, 2.75) is 38.2 Å². The molecule has 1 N–H and O–H groups in total. The second kappa shape index (κ2) is 3.70. The number of aliphatic hydroxyl groups is 1. The van der Waals surface area contributed by atoms with Crippen LogP contribution >= 0.6 is 0 Å². The highest BCUT2D eigenvalue weighted by molar-refractivity contribution is 5.28. The number of aryl methyl sites for hydroxylation is 1. The Morgan fingerprint density at radius 3 is 2.64 bits per heavy atom. The SMILES string of the molecule is Cc1cc(F)cc(C2CCCC2O)c1. The van der Waals surface area contributed by atoms with Crippen LogP contribution in [-0.4, -0.2) is 11.2 Å². The summed E-state index contributed by atoms with van der Waals surface area (Å²) in [6.45, 7) is 1.88. The first-order chi connectivity index (χ1) is 6.66. The fourth-order valence-electron chi connectivity index (χ4n) is 2.31. The summed E-state index contributed by atoms with van der Waals surface area (Å²) in [5.74, 6) is -0.0523. The zero-order chi connectivity index (χ0) is 10.1. The lowest BCUT2D eigenvalue weighted by Crippen LogP contribution is -2.11. The van der Waals surface area contributed by atoms with Crippen molar-refractivity contribution >= 4 is 0 Å². The molecular formula is C12H15FO. The van der Waals surface area contributed by atoms with E-state index in [0.29, 0.717) is 0 Å². The molecule has 0 saturated heterocycles. The zero-order valence-corrected chi connectivity index (χ0v) is 8.33. The first-order valence-electron chi connectivity index (χ1n) is 5.12. The van der Waals surface area contributed by atoms with Crippen LogP contribution in [0.3, 0.4) is 0 Å². The third-order valence-electron chi connectivity index (χ3n) is 2.97. The lowest BCUT2D eigenvalue weighted by atomic mass is 9.94. The smallest absolute Gasteiger partial charge is 0.123 e. The Bertz CT molecular complexity index is 315. The van der Waals surface area contributed by atoms with Crippen LogP contribution < -0.4 is 0 Å². The van der Waals surface area contributed by atoms with Crippen molar-refractivity contribution in [2.24, 2.45) is 0 Å². The monoisotopic (exact) mass is 194 g/mol. The Hall–Kier alpha value is -0.890. The predicted molar refractivity (Wildman–Crippen MR) is 53.7 cm³/mol. The van der Waals surface area contributed by atoms with Gasteiger partial charge in [-0.15, -0.1) is 0 Å². The first kappa shape index (κ1) is 9.66. The summed E-state index contributed by atoms with van der Waals surface area (Å²) >= 11 is 0. The number of benzene rings is 1. The number of hydrogen-bond acceptors (Lipinski definition) is 1. The highest BCUT2D eigenvalue weighted by Crippen LogP contribution is 2.35. The van der Waals surface area contributed by atoms with Gasteiger partial charge in [0.05, 0.1) is 6.10 Å². The highest BCUT2D eigenvalue weighted by Gasteiger charge is 2.26. The molecule has 76 valence electrons. The van der Waals surface area contributed by atoms with E-state index in [1.807, 2.05) is 13.0 Å². The van der Waals surface area contributed by atoms with Gasteiger partial charge in [-0.1, -0.05) is 12.5 Å². The molecule has 0 aliphatic heterocycles. The van der Waals surface area contributed by atoms with Crippen LogP contribution in [-0.2, 0) is 0 Å². The van der Waals surface area contributed by atoms with E-state index in [1.54, 1.807) is 6.07 Å². The molecule has 1 saturated carbocycles. The normalized spacial score (nSPS) is 26.8. The molecule has 0 amide bonds. The van der Waals surface area contributed by atoms with Gasteiger partial charge in [0.15, 0.2) is 0 Å².